The van der Waals surface area contributed by atoms with Crippen molar-refractivity contribution in [2.75, 3.05) is 4.90 Å². The van der Waals surface area contributed by atoms with Crippen molar-refractivity contribution >= 4 is 23.4 Å². The molecule has 3 fully saturated rings. The fourth-order valence-corrected chi connectivity index (χ4v) is 6.87. The van der Waals surface area contributed by atoms with E-state index in [1.165, 1.54) is 0 Å². The number of aryl methyl sites for hydroxylation is 1. The van der Waals surface area contributed by atoms with E-state index in [0.717, 1.165) is 36.8 Å². The third-order valence-electron chi connectivity index (χ3n) is 8.61. The van der Waals surface area contributed by atoms with Crippen molar-refractivity contribution in [3.8, 4) is 0 Å². The first kappa shape index (κ1) is 23.9. The topological polar surface area (TPSA) is 87.7 Å². The number of carbonyl (C=O) groups excluding carboxylic acids is 3. The molecule has 0 aromatic heterocycles. The summed E-state index contributed by atoms with van der Waals surface area (Å²) in [5.74, 6) is -2.24. The van der Waals surface area contributed by atoms with Crippen molar-refractivity contribution in [2.45, 2.75) is 69.4 Å². The van der Waals surface area contributed by atoms with Crippen LogP contribution < -0.4 is 15.5 Å². The van der Waals surface area contributed by atoms with Gasteiger partial charge in [0.15, 0.2) is 0 Å². The van der Waals surface area contributed by atoms with Gasteiger partial charge in [-0.2, -0.15) is 0 Å². The molecule has 7 nitrogen and oxygen atoms in total. The monoisotopic (exact) mass is 499 g/mol. The maximum atomic E-state index is 14.3. The zero-order valence-corrected chi connectivity index (χ0v) is 21.3. The summed E-state index contributed by atoms with van der Waals surface area (Å²) >= 11 is 0. The summed E-state index contributed by atoms with van der Waals surface area (Å²) in [6.45, 7) is 4.14. The number of anilines is 1. The van der Waals surface area contributed by atoms with Crippen LogP contribution >= 0.6 is 0 Å². The predicted molar refractivity (Wildman–Crippen MR) is 139 cm³/mol. The number of rotatable bonds is 6. The molecule has 1 aliphatic carbocycles. The summed E-state index contributed by atoms with van der Waals surface area (Å²) in [5.41, 5.74) is 0.372. The number of benzene rings is 2. The SMILES string of the molecule is Cc1ccccc1N1C(=O)[C@@H]2[C@@H](C(=O)NCc3ccccc3)[C@@]3(C)C=C[C@@]2(O3)[C@H]1C(=O)NC1CCCC1. The molecule has 2 bridgehead atoms. The molecule has 3 amide bonds. The van der Waals surface area contributed by atoms with Gasteiger partial charge in [-0.1, -0.05) is 73.5 Å². The van der Waals surface area contributed by atoms with Crippen LogP contribution in [0.5, 0.6) is 0 Å². The summed E-state index contributed by atoms with van der Waals surface area (Å²) in [7, 11) is 0. The molecule has 2 N–H and O–H groups in total. The molecule has 3 aliphatic heterocycles. The smallest absolute Gasteiger partial charge is 0.246 e. The van der Waals surface area contributed by atoms with Crippen LogP contribution in [0.4, 0.5) is 5.69 Å². The normalized spacial score (nSPS) is 32.1. The fraction of sp³-hybridized carbons (Fsp3) is 0.433. The largest absolute Gasteiger partial charge is 0.356 e. The zero-order chi connectivity index (χ0) is 25.8. The summed E-state index contributed by atoms with van der Waals surface area (Å²) in [6.07, 6.45) is 7.79. The van der Waals surface area contributed by atoms with Gasteiger partial charge in [0.2, 0.25) is 17.7 Å². The predicted octanol–water partition coefficient (Wildman–Crippen LogP) is 3.42. The van der Waals surface area contributed by atoms with E-state index in [-0.39, 0.29) is 23.8 Å². The first-order valence-electron chi connectivity index (χ1n) is 13.3. The standard InChI is InChI=1S/C30H33N3O4/c1-19-10-6-9-15-22(19)33-25(27(35)32-21-13-7-8-14-21)30-17-16-29(2,37-30)23(24(30)28(33)36)26(34)31-18-20-11-4-3-5-12-20/h3-6,9-12,15-17,21,23-25H,7-8,13-14,18H2,1-2H3,(H,31,34)(H,32,35)/t23-,24-,25+,29+,30-/m0/s1. The first-order chi connectivity index (χ1) is 17.8. The number of fused-ring (bicyclic) bond motifs is 1. The Morgan fingerprint density at radius 2 is 1.70 bits per heavy atom. The number of amides is 3. The van der Waals surface area contributed by atoms with Crippen LogP contribution in [0.25, 0.3) is 0 Å². The van der Waals surface area contributed by atoms with E-state index in [2.05, 4.69) is 10.6 Å². The lowest BCUT2D eigenvalue weighted by atomic mass is 9.70. The number of para-hydroxylation sites is 1. The van der Waals surface area contributed by atoms with E-state index in [0.29, 0.717) is 12.2 Å². The van der Waals surface area contributed by atoms with Gasteiger partial charge in [-0.15, -0.1) is 0 Å². The Morgan fingerprint density at radius 3 is 2.43 bits per heavy atom. The minimum absolute atomic E-state index is 0.0971. The minimum Gasteiger partial charge on any atom is -0.356 e. The number of nitrogens with zero attached hydrogens (tertiary/aromatic N) is 1. The second-order valence-electron chi connectivity index (χ2n) is 11.0. The molecule has 4 aliphatic rings. The van der Waals surface area contributed by atoms with Crippen molar-refractivity contribution < 1.29 is 19.1 Å². The van der Waals surface area contributed by atoms with Crippen molar-refractivity contribution in [3.05, 3.63) is 77.9 Å². The van der Waals surface area contributed by atoms with E-state index in [4.69, 9.17) is 4.74 Å². The minimum atomic E-state index is -1.20. The first-order valence-corrected chi connectivity index (χ1v) is 13.3. The van der Waals surface area contributed by atoms with E-state index in [1.54, 1.807) is 4.90 Å². The lowest BCUT2D eigenvalue weighted by Gasteiger charge is -2.34. The van der Waals surface area contributed by atoms with Crippen LogP contribution in [0.2, 0.25) is 0 Å². The van der Waals surface area contributed by atoms with Crippen molar-refractivity contribution in [3.63, 3.8) is 0 Å². The molecule has 0 radical (unpaired) electrons. The highest BCUT2D eigenvalue weighted by atomic mass is 16.5. The molecule has 6 rings (SSSR count). The Morgan fingerprint density at radius 1 is 1.00 bits per heavy atom. The summed E-state index contributed by atoms with van der Waals surface area (Å²) in [6, 6.07) is 16.5. The maximum absolute atomic E-state index is 14.3. The van der Waals surface area contributed by atoms with Gasteiger partial charge < -0.3 is 15.4 Å². The number of hydrogen-bond donors (Lipinski definition) is 2. The van der Waals surface area contributed by atoms with E-state index in [1.807, 2.05) is 80.6 Å². The average molecular weight is 500 g/mol. The van der Waals surface area contributed by atoms with Crippen LogP contribution in [0.3, 0.4) is 0 Å². The van der Waals surface area contributed by atoms with Gasteiger partial charge in [0.05, 0.1) is 17.4 Å². The van der Waals surface area contributed by atoms with Gasteiger partial charge in [0.1, 0.15) is 11.6 Å². The van der Waals surface area contributed by atoms with Gasteiger partial charge >= 0.3 is 0 Å². The summed E-state index contributed by atoms with van der Waals surface area (Å²) in [5, 5.41) is 6.23. The molecule has 5 atom stereocenters. The molecule has 0 unspecified atom stereocenters. The van der Waals surface area contributed by atoms with Crippen LogP contribution in [0.1, 0.15) is 43.7 Å². The van der Waals surface area contributed by atoms with Crippen molar-refractivity contribution in [1.29, 1.82) is 0 Å². The molecular weight excluding hydrogens is 466 g/mol. The Kier molecular flexibility index (Phi) is 5.71. The number of hydrogen-bond acceptors (Lipinski definition) is 4. The van der Waals surface area contributed by atoms with E-state index >= 15 is 0 Å². The fourth-order valence-electron chi connectivity index (χ4n) is 6.87. The molecular formula is C30H33N3O4. The molecule has 2 aromatic carbocycles. The third-order valence-corrected chi connectivity index (χ3v) is 8.61. The molecule has 1 spiro atoms. The van der Waals surface area contributed by atoms with Crippen LogP contribution in [0.15, 0.2) is 66.7 Å². The Balaban J connectivity index is 1.37. The van der Waals surface area contributed by atoms with Gasteiger partial charge in [-0.05, 0) is 43.9 Å². The summed E-state index contributed by atoms with van der Waals surface area (Å²) < 4.78 is 6.62. The van der Waals surface area contributed by atoms with Gasteiger partial charge in [0.25, 0.3) is 0 Å². The summed E-state index contributed by atoms with van der Waals surface area (Å²) in [4.78, 5) is 43.5. The van der Waals surface area contributed by atoms with Crippen molar-refractivity contribution in [1.82, 2.24) is 10.6 Å². The lowest BCUT2D eigenvalue weighted by molar-refractivity contribution is -0.134. The Hall–Kier alpha value is -3.45. The highest BCUT2D eigenvalue weighted by Gasteiger charge is 2.76. The molecule has 1 saturated carbocycles. The maximum Gasteiger partial charge on any atom is 0.246 e. The molecule has 7 heteroatoms. The van der Waals surface area contributed by atoms with Crippen LogP contribution in [-0.4, -0.2) is 41.0 Å². The van der Waals surface area contributed by atoms with Gasteiger partial charge in [-0.3, -0.25) is 19.3 Å². The second kappa shape index (κ2) is 8.84. The van der Waals surface area contributed by atoms with Crippen LogP contribution in [0, 0.1) is 18.8 Å². The molecule has 37 heavy (non-hydrogen) atoms. The van der Waals surface area contributed by atoms with E-state index in [9.17, 15) is 14.4 Å². The highest BCUT2D eigenvalue weighted by Crippen LogP contribution is 2.60. The molecule has 2 saturated heterocycles. The number of ether oxygens (including phenoxy) is 1. The Bertz CT molecular complexity index is 1270. The van der Waals surface area contributed by atoms with E-state index < -0.39 is 29.1 Å². The average Bonchev–Trinajstić information content (AvgIpc) is 3.63. The van der Waals surface area contributed by atoms with Crippen LogP contribution in [-0.2, 0) is 25.7 Å². The quantitative estimate of drug-likeness (QED) is 0.597. The number of nitrogens with one attached hydrogen (secondary N) is 2. The molecule has 2 aromatic rings. The lowest BCUT2D eigenvalue weighted by Crippen LogP contribution is -2.56. The third kappa shape index (κ3) is 3.71. The number of carbonyl (C=O) groups is 3. The molecule has 3 heterocycles. The van der Waals surface area contributed by atoms with Gasteiger partial charge in [-0.25, -0.2) is 0 Å². The van der Waals surface area contributed by atoms with Gasteiger partial charge in [0, 0.05) is 18.3 Å². The van der Waals surface area contributed by atoms with Crippen molar-refractivity contribution in [2.24, 2.45) is 11.8 Å². The zero-order valence-electron chi connectivity index (χ0n) is 21.3. The highest BCUT2D eigenvalue weighted by molar-refractivity contribution is 6.10. The molecule has 192 valence electrons. The second-order valence-corrected chi connectivity index (χ2v) is 11.0. The Labute approximate surface area is 217 Å².